The number of amides is 1. The molecule has 7 nitrogen and oxygen atoms in total. The summed E-state index contributed by atoms with van der Waals surface area (Å²) in [5.74, 6) is -0.978. The first-order chi connectivity index (χ1) is 12.7. The number of carbonyl (C=O) groups is 2. The van der Waals surface area contributed by atoms with Gasteiger partial charge in [0.25, 0.3) is 0 Å². The number of anilines is 1. The van der Waals surface area contributed by atoms with E-state index in [2.05, 4.69) is 10.0 Å². The first-order valence-corrected chi connectivity index (χ1v) is 9.84. The lowest BCUT2D eigenvalue weighted by Gasteiger charge is -2.14. The van der Waals surface area contributed by atoms with Crippen molar-refractivity contribution in [1.29, 1.82) is 0 Å². The monoisotopic (exact) mass is 410 g/mol. The first-order valence-electron chi connectivity index (χ1n) is 7.98. The normalized spacial score (nSPS) is 12.3. The Hall–Kier alpha value is -2.42. The van der Waals surface area contributed by atoms with E-state index < -0.39 is 22.0 Å². The van der Waals surface area contributed by atoms with Crippen molar-refractivity contribution in [2.45, 2.75) is 31.4 Å². The Morgan fingerprint density at radius 1 is 1.15 bits per heavy atom. The molecule has 0 spiro atoms. The molecule has 0 saturated carbocycles. The zero-order valence-electron chi connectivity index (χ0n) is 14.7. The van der Waals surface area contributed by atoms with E-state index in [9.17, 15) is 18.0 Å². The van der Waals surface area contributed by atoms with Crippen molar-refractivity contribution >= 4 is 39.2 Å². The average molecular weight is 411 g/mol. The molecule has 2 aromatic rings. The van der Waals surface area contributed by atoms with E-state index >= 15 is 0 Å². The highest BCUT2D eigenvalue weighted by atomic mass is 35.5. The second kappa shape index (κ2) is 8.98. The van der Waals surface area contributed by atoms with Crippen molar-refractivity contribution in [3.63, 3.8) is 0 Å². The Labute approximate surface area is 162 Å². The van der Waals surface area contributed by atoms with Gasteiger partial charge in [0, 0.05) is 17.6 Å². The predicted octanol–water partition coefficient (Wildman–Crippen LogP) is 2.71. The van der Waals surface area contributed by atoms with Crippen molar-refractivity contribution in [3.8, 4) is 0 Å². The van der Waals surface area contributed by atoms with E-state index in [-0.39, 0.29) is 17.4 Å². The summed E-state index contributed by atoms with van der Waals surface area (Å²) in [7, 11) is -3.92. The zero-order chi connectivity index (χ0) is 20.0. The van der Waals surface area contributed by atoms with Crippen LogP contribution in [0.5, 0.6) is 0 Å². The van der Waals surface area contributed by atoms with E-state index in [4.69, 9.17) is 16.3 Å². The largest absolute Gasteiger partial charge is 0.460 e. The molecular weight excluding hydrogens is 392 g/mol. The van der Waals surface area contributed by atoms with E-state index in [1.165, 1.54) is 38.1 Å². The molecule has 2 N–H and O–H groups in total. The van der Waals surface area contributed by atoms with Gasteiger partial charge in [-0.3, -0.25) is 9.59 Å². The quantitative estimate of drug-likeness (QED) is 0.683. The smallest absolute Gasteiger partial charge is 0.324 e. The highest BCUT2D eigenvalue weighted by molar-refractivity contribution is 7.89. The second-order valence-electron chi connectivity index (χ2n) is 5.79. The molecule has 2 rings (SSSR count). The van der Waals surface area contributed by atoms with Crippen molar-refractivity contribution in [2.24, 2.45) is 0 Å². The summed E-state index contributed by atoms with van der Waals surface area (Å²) >= 11 is 5.86. The van der Waals surface area contributed by atoms with Crippen LogP contribution < -0.4 is 10.0 Å². The molecule has 144 valence electrons. The van der Waals surface area contributed by atoms with Gasteiger partial charge in [-0.15, -0.1) is 0 Å². The summed E-state index contributed by atoms with van der Waals surface area (Å²) in [4.78, 5) is 23.0. The minimum absolute atomic E-state index is 0.0170. The summed E-state index contributed by atoms with van der Waals surface area (Å²) < 4.78 is 32.1. The molecule has 1 amide bonds. The molecule has 0 fully saturated rings. The number of esters is 1. The van der Waals surface area contributed by atoms with Crippen molar-refractivity contribution in [1.82, 2.24) is 4.72 Å². The van der Waals surface area contributed by atoms with Crippen LogP contribution in [0.2, 0.25) is 5.02 Å². The molecule has 2 aromatic carbocycles. The molecule has 0 heterocycles. The third kappa shape index (κ3) is 6.35. The Kier molecular flexibility index (Phi) is 6.95. The number of hydrogen-bond donors (Lipinski definition) is 2. The molecule has 0 radical (unpaired) electrons. The first kappa shape index (κ1) is 20.9. The van der Waals surface area contributed by atoms with E-state index in [1.54, 1.807) is 24.3 Å². The molecular formula is C18H19ClN2O5S. The van der Waals surface area contributed by atoms with Crippen molar-refractivity contribution < 1.29 is 22.7 Å². The van der Waals surface area contributed by atoms with Gasteiger partial charge < -0.3 is 10.1 Å². The number of rotatable bonds is 7. The van der Waals surface area contributed by atoms with Gasteiger partial charge in [-0.1, -0.05) is 23.7 Å². The molecule has 1 atom stereocenters. The summed E-state index contributed by atoms with van der Waals surface area (Å²) in [6.07, 6.45) is 0. The number of hydrogen-bond acceptors (Lipinski definition) is 5. The van der Waals surface area contributed by atoms with Crippen LogP contribution in [-0.2, 0) is 31.0 Å². The Morgan fingerprint density at radius 2 is 1.81 bits per heavy atom. The SMILES string of the molecule is CC(=O)Nc1ccc(S(=O)(=O)N[C@@H](C)C(=O)OCc2cccc(Cl)c2)cc1. The summed E-state index contributed by atoms with van der Waals surface area (Å²) in [5.41, 5.74) is 1.16. The van der Waals surface area contributed by atoms with E-state index in [0.717, 1.165) is 0 Å². The Bertz CT molecular complexity index is 929. The molecule has 0 aromatic heterocycles. The third-order valence-electron chi connectivity index (χ3n) is 3.44. The topological polar surface area (TPSA) is 102 Å². The molecule has 0 aliphatic heterocycles. The van der Waals surface area contributed by atoms with Gasteiger partial charge in [0.05, 0.1) is 4.90 Å². The number of sulfonamides is 1. The van der Waals surface area contributed by atoms with Crippen LogP contribution in [-0.4, -0.2) is 26.3 Å². The highest BCUT2D eigenvalue weighted by Crippen LogP contribution is 2.15. The average Bonchev–Trinajstić information content (AvgIpc) is 2.59. The highest BCUT2D eigenvalue weighted by Gasteiger charge is 2.23. The van der Waals surface area contributed by atoms with Crippen LogP contribution in [0.15, 0.2) is 53.4 Å². The van der Waals surface area contributed by atoms with Gasteiger partial charge in [0.2, 0.25) is 15.9 Å². The minimum atomic E-state index is -3.92. The maximum absolute atomic E-state index is 12.4. The van der Waals surface area contributed by atoms with Crippen LogP contribution in [0.25, 0.3) is 0 Å². The zero-order valence-corrected chi connectivity index (χ0v) is 16.3. The van der Waals surface area contributed by atoms with Gasteiger partial charge in [0.1, 0.15) is 12.6 Å². The lowest BCUT2D eigenvalue weighted by Crippen LogP contribution is -2.39. The van der Waals surface area contributed by atoms with Gasteiger partial charge in [-0.2, -0.15) is 4.72 Å². The molecule has 27 heavy (non-hydrogen) atoms. The standard InChI is InChI=1S/C18H19ClN2O5S/c1-12(18(23)26-11-14-4-3-5-15(19)10-14)21-27(24,25)17-8-6-16(7-9-17)20-13(2)22/h3-10,12,21H,11H2,1-2H3,(H,20,22)/t12-/m0/s1. The van der Waals surface area contributed by atoms with Crippen LogP contribution in [0, 0.1) is 0 Å². The van der Waals surface area contributed by atoms with Gasteiger partial charge in [-0.25, -0.2) is 8.42 Å². The second-order valence-corrected chi connectivity index (χ2v) is 7.94. The maximum atomic E-state index is 12.4. The van der Waals surface area contributed by atoms with E-state index in [1.807, 2.05) is 0 Å². The van der Waals surface area contributed by atoms with Crippen molar-refractivity contribution in [2.75, 3.05) is 5.32 Å². The predicted molar refractivity (Wildman–Crippen MR) is 102 cm³/mol. The molecule has 0 aliphatic rings. The number of ether oxygens (including phenoxy) is 1. The lowest BCUT2D eigenvalue weighted by molar-refractivity contribution is -0.146. The molecule has 0 bridgehead atoms. The fraction of sp³-hybridized carbons (Fsp3) is 0.222. The molecule has 0 aliphatic carbocycles. The van der Waals surface area contributed by atoms with Gasteiger partial charge in [0.15, 0.2) is 0 Å². The number of benzene rings is 2. The fourth-order valence-corrected chi connectivity index (χ4v) is 3.58. The van der Waals surface area contributed by atoms with E-state index in [0.29, 0.717) is 16.3 Å². The van der Waals surface area contributed by atoms with Crippen LogP contribution >= 0.6 is 11.6 Å². The molecule has 0 saturated heterocycles. The molecule has 9 heteroatoms. The summed E-state index contributed by atoms with van der Waals surface area (Å²) in [5, 5.41) is 3.05. The van der Waals surface area contributed by atoms with Crippen LogP contribution in [0.1, 0.15) is 19.4 Å². The number of halogens is 1. The number of carbonyl (C=O) groups excluding carboxylic acids is 2. The Balaban J connectivity index is 1.97. The lowest BCUT2D eigenvalue weighted by atomic mass is 10.2. The van der Waals surface area contributed by atoms with Gasteiger partial charge in [-0.05, 0) is 48.9 Å². The van der Waals surface area contributed by atoms with Crippen LogP contribution in [0.3, 0.4) is 0 Å². The van der Waals surface area contributed by atoms with Gasteiger partial charge >= 0.3 is 5.97 Å². The van der Waals surface area contributed by atoms with Crippen molar-refractivity contribution in [3.05, 3.63) is 59.1 Å². The maximum Gasteiger partial charge on any atom is 0.324 e. The minimum Gasteiger partial charge on any atom is -0.460 e. The Morgan fingerprint density at radius 3 is 2.41 bits per heavy atom. The van der Waals surface area contributed by atoms with Crippen LogP contribution in [0.4, 0.5) is 5.69 Å². The fourth-order valence-electron chi connectivity index (χ4n) is 2.18. The summed E-state index contributed by atoms with van der Waals surface area (Å²) in [6.45, 7) is 2.73. The third-order valence-corrected chi connectivity index (χ3v) is 5.23. The summed E-state index contributed by atoms with van der Waals surface area (Å²) in [6, 6.07) is 11.3. The molecule has 0 unspecified atom stereocenters. The number of nitrogens with one attached hydrogen (secondary N) is 2.